The Kier molecular flexibility index (Phi) is 9.84. The molecule has 0 aliphatic rings. The zero-order chi connectivity index (χ0) is 27.8. The van der Waals surface area contributed by atoms with Crippen LogP contribution in [0.15, 0.2) is 101 Å². The highest BCUT2D eigenvalue weighted by Gasteiger charge is 2.18. The topological polar surface area (TPSA) is 87.3 Å². The Balaban J connectivity index is 1.45. The third-order valence-electron chi connectivity index (χ3n) is 5.32. The first-order chi connectivity index (χ1) is 18.8. The summed E-state index contributed by atoms with van der Waals surface area (Å²) in [6.45, 7) is 1.77. The zero-order valence-electron chi connectivity index (χ0n) is 20.6. The highest BCUT2D eigenvalue weighted by Crippen LogP contribution is 2.29. The SMILES string of the molecule is CC(Sc1cccc(NC(=O)/C(=C/c2cccs2)NC(=O)c2ccccc2)c1)C(=O)Nc1cc(Cl)ccc1Cl. The number of carbonyl (C=O) groups excluding carboxylic acids is 3. The van der Waals surface area contributed by atoms with E-state index in [1.54, 1.807) is 73.7 Å². The van der Waals surface area contributed by atoms with Gasteiger partial charge in [0.2, 0.25) is 5.91 Å². The van der Waals surface area contributed by atoms with Crippen LogP contribution in [0.2, 0.25) is 10.0 Å². The van der Waals surface area contributed by atoms with E-state index in [1.807, 2.05) is 29.6 Å². The molecule has 1 aromatic heterocycles. The Morgan fingerprint density at radius 3 is 2.44 bits per heavy atom. The number of thioether (sulfide) groups is 1. The van der Waals surface area contributed by atoms with Gasteiger partial charge in [-0.1, -0.05) is 53.5 Å². The van der Waals surface area contributed by atoms with Crippen molar-refractivity contribution >= 4 is 81.5 Å². The molecule has 3 N–H and O–H groups in total. The van der Waals surface area contributed by atoms with Crippen LogP contribution in [-0.4, -0.2) is 23.0 Å². The molecular formula is C29H23Cl2N3O3S2. The lowest BCUT2D eigenvalue weighted by molar-refractivity contribution is -0.115. The molecule has 1 heterocycles. The maximum absolute atomic E-state index is 13.2. The van der Waals surface area contributed by atoms with Crippen molar-refractivity contribution in [2.24, 2.45) is 0 Å². The Labute approximate surface area is 244 Å². The Morgan fingerprint density at radius 1 is 0.897 bits per heavy atom. The molecule has 0 radical (unpaired) electrons. The molecule has 39 heavy (non-hydrogen) atoms. The van der Waals surface area contributed by atoms with Crippen molar-refractivity contribution in [1.29, 1.82) is 0 Å². The number of carbonyl (C=O) groups is 3. The van der Waals surface area contributed by atoms with E-state index in [9.17, 15) is 14.4 Å². The van der Waals surface area contributed by atoms with E-state index >= 15 is 0 Å². The quantitative estimate of drug-likeness (QED) is 0.137. The van der Waals surface area contributed by atoms with E-state index in [1.165, 1.54) is 23.1 Å². The van der Waals surface area contributed by atoms with Crippen molar-refractivity contribution in [2.45, 2.75) is 17.1 Å². The number of thiophene rings is 1. The molecule has 4 rings (SSSR count). The molecule has 0 aliphatic carbocycles. The number of benzene rings is 3. The van der Waals surface area contributed by atoms with E-state index in [0.29, 0.717) is 27.0 Å². The van der Waals surface area contributed by atoms with Gasteiger partial charge >= 0.3 is 0 Å². The van der Waals surface area contributed by atoms with Gasteiger partial charge in [0, 0.05) is 26.0 Å². The Bertz CT molecular complexity index is 1510. The number of hydrogen-bond acceptors (Lipinski definition) is 5. The van der Waals surface area contributed by atoms with E-state index in [2.05, 4.69) is 16.0 Å². The van der Waals surface area contributed by atoms with Crippen molar-refractivity contribution < 1.29 is 14.4 Å². The van der Waals surface area contributed by atoms with Crippen molar-refractivity contribution in [3.8, 4) is 0 Å². The molecule has 0 bridgehead atoms. The van der Waals surface area contributed by atoms with Gasteiger partial charge in [-0.25, -0.2) is 0 Å². The van der Waals surface area contributed by atoms with Gasteiger partial charge < -0.3 is 16.0 Å². The summed E-state index contributed by atoms with van der Waals surface area (Å²) < 4.78 is 0. The third kappa shape index (κ3) is 8.21. The first kappa shape index (κ1) is 28.4. The Hall–Kier alpha value is -3.56. The van der Waals surface area contributed by atoms with Gasteiger partial charge in [-0.2, -0.15) is 0 Å². The lowest BCUT2D eigenvalue weighted by Gasteiger charge is -2.14. The van der Waals surface area contributed by atoms with Crippen LogP contribution in [0, 0.1) is 0 Å². The van der Waals surface area contributed by atoms with Gasteiger partial charge in [-0.05, 0) is 73.0 Å². The molecule has 0 saturated heterocycles. The average Bonchev–Trinajstić information content (AvgIpc) is 3.44. The number of halogens is 2. The average molecular weight is 597 g/mol. The first-order valence-electron chi connectivity index (χ1n) is 11.7. The van der Waals surface area contributed by atoms with Crippen LogP contribution in [0.3, 0.4) is 0 Å². The van der Waals surface area contributed by atoms with Crippen LogP contribution < -0.4 is 16.0 Å². The van der Waals surface area contributed by atoms with E-state index in [-0.39, 0.29) is 11.6 Å². The lowest BCUT2D eigenvalue weighted by atomic mass is 10.2. The molecule has 10 heteroatoms. The van der Waals surface area contributed by atoms with Crippen LogP contribution in [0.25, 0.3) is 6.08 Å². The molecular weight excluding hydrogens is 573 g/mol. The maximum atomic E-state index is 13.2. The maximum Gasteiger partial charge on any atom is 0.272 e. The van der Waals surface area contributed by atoms with Gasteiger partial charge in [-0.15, -0.1) is 23.1 Å². The second-order valence-electron chi connectivity index (χ2n) is 8.25. The molecule has 198 valence electrons. The molecule has 4 aromatic rings. The second-order valence-corrected chi connectivity index (χ2v) is 11.5. The molecule has 3 amide bonds. The summed E-state index contributed by atoms with van der Waals surface area (Å²) in [7, 11) is 0. The molecule has 0 fully saturated rings. The van der Waals surface area contributed by atoms with E-state index < -0.39 is 17.1 Å². The molecule has 6 nitrogen and oxygen atoms in total. The highest BCUT2D eigenvalue weighted by atomic mass is 35.5. The summed E-state index contributed by atoms with van der Waals surface area (Å²) in [5.41, 5.74) is 1.49. The van der Waals surface area contributed by atoms with Crippen LogP contribution >= 0.6 is 46.3 Å². The van der Waals surface area contributed by atoms with Crippen molar-refractivity contribution in [3.05, 3.63) is 116 Å². The molecule has 0 spiro atoms. The fourth-order valence-electron chi connectivity index (χ4n) is 3.39. The van der Waals surface area contributed by atoms with Crippen LogP contribution in [0.5, 0.6) is 0 Å². The highest BCUT2D eigenvalue weighted by molar-refractivity contribution is 8.00. The van der Waals surface area contributed by atoms with Gasteiger partial charge in [0.1, 0.15) is 5.70 Å². The smallest absolute Gasteiger partial charge is 0.272 e. The molecule has 1 unspecified atom stereocenters. The van der Waals surface area contributed by atoms with E-state index in [4.69, 9.17) is 23.2 Å². The Morgan fingerprint density at radius 2 is 1.69 bits per heavy atom. The minimum Gasteiger partial charge on any atom is -0.324 e. The summed E-state index contributed by atoms with van der Waals surface area (Å²) in [5, 5.41) is 10.6. The summed E-state index contributed by atoms with van der Waals surface area (Å²) in [5.74, 6) is -1.11. The largest absolute Gasteiger partial charge is 0.324 e. The van der Waals surface area contributed by atoms with E-state index in [0.717, 1.165) is 9.77 Å². The van der Waals surface area contributed by atoms with Crippen LogP contribution in [0.4, 0.5) is 11.4 Å². The monoisotopic (exact) mass is 595 g/mol. The summed E-state index contributed by atoms with van der Waals surface area (Å²) >= 11 is 14.9. The number of hydrogen-bond donors (Lipinski definition) is 3. The van der Waals surface area contributed by atoms with Crippen molar-refractivity contribution in [3.63, 3.8) is 0 Å². The van der Waals surface area contributed by atoms with Gasteiger partial charge in [-0.3, -0.25) is 14.4 Å². The minimum absolute atomic E-state index is 0.107. The standard InChI is InChI=1S/C29H23Cl2N3O3S2/c1-18(27(35)33-25-15-20(30)12-13-24(25)31)39-23-10-5-9-21(16-23)32-29(37)26(17-22-11-6-14-38-22)34-28(36)19-7-3-2-4-8-19/h2-18H,1H3,(H,32,37)(H,33,35)(H,34,36)/b26-17-. The zero-order valence-corrected chi connectivity index (χ0v) is 23.8. The molecule has 1 atom stereocenters. The van der Waals surface area contributed by atoms with Crippen molar-refractivity contribution in [1.82, 2.24) is 5.32 Å². The minimum atomic E-state index is -0.476. The normalized spacial score (nSPS) is 11.9. The number of amides is 3. The van der Waals surface area contributed by atoms with Gasteiger partial charge in [0.25, 0.3) is 11.8 Å². The number of rotatable bonds is 9. The molecule has 0 saturated carbocycles. The van der Waals surface area contributed by atoms with Crippen LogP contribution in [-0.2, 0) is 9.59 Å². The van der Waals surface area contributed by atoms with Crippen LogP contribution in [0.1, 0.15) is 22.2 Å². The third-order valence-corrected chi connectivity index (χ3v) is 7.80. The lowest BCUT2D eigenvalue weighted by Crippen LogP contribution is -2.30. The van der Waals surface area contributed by atoms with Gasteiger partial charge in [0.05, 0.1) is 16.0 Å². The fourth-order valence-corrected chi connectivity index (χ4v) is 5.31. The predicted molar refractivity (Wildman–Crippen MR) is 162 cm³/mol. The molecule has 0 aliphatic heterocycles. The first-order valence-corrected chi connectivity index (χ1v) is 14.3. The number of nitrogens with one attached hydrogen (secondary N) is 3. The second kappa shape index (κ2) is 13.5. The summed E-state index contributed by atoms with van der Waals surface area (Å²) in [4.78, 5) is 40.3. The summed E-state index contributed by atoms with van der Waals surface area (Å²) in [6.07, 6.45) is 1.63. The molecule has 3 aromatic carbocycles. The van der Waals surface area contributed by atoms with Crippen molar-refractivity contribution in [2.75, 3.05) is 10.6 Å². The summed E-state index contributed by atoms with van der Waals surface area (Å²) in [6, 6.07) is 24.4. The fraction of sp³-hybridized carbons (Fsp3) is 0.0690. The predicted octanol–water partition coefficient (Wildman–Crippen LogP) is 7.58. The van der Waals surface area contributed by atoms with Gasteiger partial charge in [0.15, 0.2) is 0 Å². The number of anilines is 2.